The maximum absolute atomic E-state index is 11.4. The fourth-order valence-electron chi connectivity index (χ4n) is 1.82. The number of hydrogen-bond acceptors (Lipinski definition) is 3. The maximum Gasteiger partial charge on any atom is 0.338 e. The molecule has 1 aliphatic heterocycles. The molecule has 15 heavy (non-hydrogen) atoms. The molecule has 0 radical (unpaired) electrons. The van der Waals surface area contributed by atoms with Crippen molar-refractivity contribution in [3.05, 3.63) is 34.9 Å². The van der Waals surface area contributed by atoms with Gasteiger partial charge in [0.15, 0.2) is 0 Å². The van der Waals surface area contributed by atoms with E-state index in [1.165, 1.54) is 12.7 Å². The first-order valence-electron chi connectivity index (χ1n) is 4.72. The standard InChI is InChI=1S/C11H13NO2.ClH/c1-14-11(13)9-4-2-3-8-5-6-12-7-10(8)9;/h2-4,12H,5-7H2,1H3;1H. The second kappa shape index (κ2) is 5.14. The molecule has 0 saturated heterocycles. The predicted octanol–water partition coefficient (Wildman–Crippen LogP) is 1.54. The number of methoxy groups -OCH3 is 1. The van der Waals surface area contributed by atoms with E-state index in [0.29, 0.717) is 5.56 Å². The Bertz CT molecular complexity index is 366. The fourth-order valence-corrected chi connectivity index (χ4v) is 1.82. The van der Waals surface area contributed by atoms with Crippen LogP contribution in [0.5, 0.6) is 0 Å². The molecule has 1 aliphatic rings. The summed E-state index contributed by atoms with van der Waals surface area (Å²) in [6.07, 6.45) is 0.986. The van der Waals surface area contributed by atoms with Crippen LogP contribution >= 0.6 is 12.4 Å². The Morgan fingerprint density at radius 2 is 2.27 bits per heavy atom. The zero-order valence-corrected chi connectivity index (χ0v) is 9.39. The van der Waals surface area contributed by atoms with Crippen LogP contribution in [0.4, 0.5) is 0 Å². The molecule has 0 spiro atoms. The molecular weight excluding hydrogens is 214 g/mol. The van der Waals surface area contributed by atoms with E-state index in [2.05, 4.69) is 11.4 Å². The second-order valence-electron chi connectivity index (χ2n) is 3.36. The van der Waals surface area contributed by atoms with Gasteiger partial charge in [-0.05, 0) is 30.2 Å². The average molecular weight is 228 g/mol. The Balaban J connectivity index is 0.00000112. The zero-order valence-electron chi connectivity index (χ0n) is 8.58. The van der Waals surface area contributed by atoms with Crippen LogP contribution in [0.2, 0.25) is 0 Å². The van der Waals surface area contributed by atoms with E-state index in [0.717, 1.165) is 25.1 Å². The van der Waals surface area contributed by atoms with Crippen molar-refractivity contribution in [2.75, 3.05) is 13.7 Å². The van der Waals surface area contributed by atoms with E-state index in [-0.39, 0.29) is 18.4 Å². The highest BCUT2D eigenvalue weighted by Crippen LogP contribution is 2.18. The van der Waals surface area contributed by atoms with Crippen molar-refractivity contribution in [2.45, 2.75) is 13.0 Å². The van der Waals surface area contributed by atoms with Crippen LogP contribution in [0.1, 0.15) is 21.5 Å². The van der Waals surface area contributed by atoms with Crippen molar-refractivity contribution in [1.82, 2.24) is 5.32 Å². The van der Waals surface area contributed by atoms with E-state index < -0.39 is 0 Å². The summed E-state index contributed by atoms with van der Waals surface area (Å²) in [5.41, 5.74) is 3.04. The number of fused-ring (bicyclic) bond motifs is 1. The number of carbonyl (C=O) groups excluding carboxylic acids is 1. The van der Waals surface area contributed by atoms with Crippen LogP contribution in [-0.4, -0.2) is 19.6 Å². The summed E-state index contributed by atoms with van der Waals surface area (Å²) in [6.45, 7) is 1.75. The number of hydrogen-bond donors (Lipinski definition) is 1. The minimum absolute atomic E-state index is 0. The molecule has 0 atom stereocenters. The number of halogens is 1. The molecule has 3 nitrogen and oxygen atoms in total. The van der Waals surface area contributed by atoms with Crippen LogP contribution in [0.15, 0.2) is 18.2 Å². The third-order valence-corrected chi connectivity index (χ3v) is 2.55. The van der Waals surface area contributed by atoms with Gasteiger partial charge in [0.05, 0.1) is 12.7 Å². The van der Waals surface area contributed by atoms with Crippen LogP contribution < -0.4 is 5.32 Å². The van der Waals surface area contributed by atoms with Crippen LogP contribution in [0.25, 0.3) is 0 Å². The average Bonchev–Trinajstić information content (AvgIpc) is 2.27. The minimum Gasteiger partial charge on any atom is -0.465 e. The van der Waals surface area contributed by atoms with E-state index in [1.54, 1.807) is 0 Å². The lowest BCUT2D eigenvalue weighted by atomic mass is 9.96. The topological polar surface area (TPSA) is 38.3 Å². The lowest BCUT2D eigenvalue weighted by Crippen LogP contribution is -2.25. The van der Waals surface area contributed by atoms with Gasteiger partial charge in [-0.3, -0.25) is 0 Å². The molecule has 0 amide bonds. The first kappa shape index (κ1) is 12.0. The third kappa shape index (κ3) is 2.30. The lowest BCUT2D eigenvalue weighted by Gasteiger charge is -2.19. The van der Waals surface area contributed by atoms with Gasteiger partial charge in [0, 0.05) is 6.54 Å². The Hall–Kier alpha value is -1.06. The number of carbonyl (C=O) groups is 1. The molecule has 1 N–H and O–H groups in total. The van der Waals surface area contributed by atoms with Gasteiger partial charge in [-0.2, -0.15) is 0 Å². The largest absolute Gasteiger partial charge is 0.465 e. The van der Waals surface area contributed by atoms with Crippen LogP contribution in [0.3, 0.4) is 0 Å². The zero-order chi connectivity index (χ0) is 9.97. The van der Waals surface area contributed by atoms with Crippen molar-refractivity contribution in [1.29, 1.82) is 0 Å². The SMILES string of the molecule is COC(=O)c1cccc2c1CNCC2.Cl. The molecule has 0 bridgehead atoms. The third-order valence-electron chi connectivity index (χ3n) is 2.55. The summed E-state index contributed by atoms with van der Waals surface area (Å²) >= 11 is 0. The normalized spacial score (nSPS) is 13.7. The first-order valence-corrected chi connectivity index (χ1v) is 4.72. The van der Waals surface area contributed by atoms with Gasteiger partial charge < -0.3 is 10.1 Å². The molecule has 1 heterocycles. The van der Waals surface area contributed by atoms with Crippen molar-refractivity contribution < 1.29 is 9.53 Å². The molecule has 82 valence electrons. The predicted molar refractivity (Wildman–Crippen MR) is 60.4 cm³/mol. The smallest absolute Gasteiger partial charge is 0.338 e. The molecule has 0 fully saturated rings. The number of esters is 1. The van der Waals surface area contributed by atoms with Crippen LogP contribution in [-0.2, 0) is 17.7 Å². The molecule has 0 aromatic heterocycles. The number of ether oxygens (including phenoxy) is 1. The van der Waals surface area contributed by atoms with Gasteiger partial charge in [0.1, 0.15) is 0 Å². The van der Waals surface area contributed by atoms with Crippen LogP contribution in [0, 0.1) is 0 Å². The van der Waals surface area contributed by atoms with Gasteiger partial charge in [-0.1, -0.05) is 12.1 Å². The number of rotatable bonds is 1. The van der Waals surface area contributed by atoms with Crippen molar-refractivity contribution in [3.8, 4) is 0 Å². The van der Waals surface area contributed by atoms with Gasteiger partial charge in [-0.25, -0.2) is 4.79 Å². The summed E-state index contributed by atoms with van der Waals surface area (Å²) in [7, 11) is 1.41. The van der Waals surface area contributed by atoms with E-state index in [1.807, 2.05) is 12.1 Å². The first-order chi connectivity index (χ1) is 6.83. The molecular formula is C11H14ClNO2. The van der Waals surface area contributed by atoms with E-state index >= 15 is 0 Å². The quantitative estimate of drug-likeness (QED) is 0.740. The highest BCUT2D eigenvalue weighted by atomic mass is 35.5. The Morgan fingerprint density at radius 1 is 1.47 bits per heavy atom. The Kier molecular flexibility index (Phi) is 4.12. The molecule has 4 heteroatoms. The van der Waals surface area contributed by atoms with E-state index in [9.17, 15) is 4.79 Å². The van der Waals surface area contributed by atoms with Crippen molar-refractivity contribution >= 4 is 18.4 Å². The summed E-state index contributed by atoms with van der Waals surface area (Å²) in [5, 5.41) is 3.25. The number of benzene rings is 1. The summed E-state index contributed by atoms with van der Waals surface area (Å²) in [5.74, 6) is -0.245. The molecule has 0 saturated carbocycles. The lowest BCUT2D eigenvalue weighted by molar-refractivity contribution is 0.0599. The molecule has 1 aromatic rings. The van der Waals surface area contributed by atoms with Gasteiger partial charge in [-0.15, -0.1) is 12.4 Å². The van der Waals surface area contributed by atoms with Gasteiger partial charge in [0.2, 0.25) is 0 Å². The Morgan fingerprint density at radius 3 is 3.00 bits per heavy atom. The Labute approximate surface area is 95.2 Å². The van der Waals surface area contributed by atoms with Crippen molar-refractivity contribution in [3.63, 3.8) is 0 Å². The highest BCUT2D eigenvalue weighted by molar-refractivity contribution is 5.91. The second-order valence-corrected chi connectivity index (χ2v) is 3.36. The summed E-state index contributed by atoms with van der Waals surface area (Å²) in [6, 6.07) is 5.80. The summed E-state index contributed by atoms with van der Waals surface area (Å²) in [4.78, 5) is 11.4. The molecule has 0 aliphatic carbocycles. The van der Waals surface area contributed by atoms with Crippen molar-refractivity contribution in [2.24, 2.45) is 0 Å². The monoisotopic (exact) mass is 227 g/mol. The molecule has 2 rings (SSSR count). The van der Waals surface area contributed by atoms with Gasteiger partial charge >= 0.3 is 5.97 Å². The molecule has 1 aromatic carbocycles. The van der Waals surface area contributed by atoms with Gasteiger partial charge in [0.25, 0.3) is 0 Å². The fraction of sp³-hybridized carbons (Fsp3) is 0.364. The summed E-state index contributed by atoms with van der Waals surface area (Å²) < 4.78 is 4.74. The molecule has 0 unspecified atom stereocenters. The van der Waals surface area contributed by atoms with E-state index in [4.69, 9.17) is 4.74 Å². The maximum atomic E-state index is 11.4. The minimum atomic E-state index is -0.245. The highest BCUT2D eigenvalue weighted by Gasteiger charge is 2.16. The number of nitrogens with one attached hydrogen (secondary N) is 1.